The maximum atomic E-state index is 12.4. The molecular formula is C16H10N6O2. The Kier molecular flexibility index (Phi) is 2.83. The second kappa shape index (κ2) is 4.89. The van der Waals surface area contributed by atoms with Crippen molar-refractivity contribution in [2.75, 3.05) is 5.43 Å². The van der Waals surface area contributed by atoms with Crippen LogP contribution < -0.4 is 5.43 Å². The minimum atomic E-state index is -0.439. The van der Waals surface area contributed by atoms with Gasteiger partial charge in [0, 0.05) is 11.8 Å². The Morgan fingerprint density at radius 3 is 2.46 bits per heavy atom. The van der Waals surface area contributed by atoms with Gasteiger partial charge in [0.15, 0.2) is 11.5 Å². The summed E-state index contributed by atoms with van der Waals surface area (Å²) in [6, 6.07) is 10.3. The van der Waals surface area contributed by atoms with Crippen LogP contribution in [0.25, 0.3) is 5.65 Å². The molecule has 8 heteroatoms. The van der Waals surface area contributed by atoms with Gasteiger partial charge in [-0.3, -0.25) is 15.0 Å². The number of carbonyl (C=O) groups is 2. The molecule has 116 valence electrons. The minimum Gasteiger partial charge on any atom is -0.271 e. The monoisotopic (exact) mass is 318 g/mol. The number of hydrazine groups is 1. The summed E-state index contributed by atoms with van der Waals surface area (Å²) >= 11 is 0. The number of amides is 2. The van der Waals surface area contributed by atoms with E-state index in [1.807, 2.05) is 6.07 Å². The van der Waals surface area contributed by atoms with E-state index in [4.69, 9.17) is 5.26 Å². The lowest BCUT2D eigenvalue weighted by Crippen LogP contribution is -2.36. The summed E-state index contributed by atoms with van der Waals surface area (Å²) in [4.78, 5) is 29.1. The average molecular weight is 318 g/mol. The molecule has 0 aliphatic carbocycles. The van der Waals surface area contributed by atoms with Crippen molar-refractivity contribution in [3.05, 3.63) is 58.9 Å². The molecule has 0 fully saturated rings. The molecule has 0 radical (unpaired) electrons. The van der Waals surface area contributed by atoms with Crippen LogP contribution in [0, 0.1) is 18.3 Å². The van der Waals surface area contributed by atoms with Gasteiger partial charge in [0.2, 0.25) is 0 Å². The number of rotatable bonds is 2. The molecule has 0 unspecified atom stereocenters. The van der Waals surface area contributed by atoms with Crippen molar-refractivity contribution in [3.63, 3.8) is 0 Å². The first-order chi connectivity index (χ1) is 11.6. The molecule has 1 aliphatic heterocycles. The lowest BCUT2D eigenvalue weighted by Gasteiger charge is -2.17. The van der Waals surface area contributed by atoms with E-state index >= 15 is 0 Å². The largest absolute Gasteiger partial charge is 0.280 e. The predicted molar refractivity (Wildman–Crippen MR) is 83.0 cm³/mol. The molecule has 24 heavy (non-hydrogen) atoms. The Balaban J connectivity index is 1.79. The van der Waals surface area contributed by atoms with Gasteiger partial charge in [-0.1, -0.05) is 12.1 Å². The summed E-state index contributed by atoms with van der Waals surface area (Å²) in [5, 5.41) is 14.1. The maximum absolute atomic E-state index is 12.4. The fourth-order valence-electron chi connectivity index (χ4n) is 2.65. The van der Waals surface area contributed by atoms with Gasteiger partial charge < -0.3 is 0 Å². The fourth-order valence-corrected chi connectivity index (χ4v) is 2.65. The Bertz CT molecular complexity index is 1030. The van der Waals surface area contributed by atoms with Crippen LogP contribution in [0.4, 0.5) is 5.82 Å². The Morgan fingerprint density at radius 1 is 1.17 bits per heavy atom. The lowest BCUT2D eigenvalue weighted by atomic mass is 10.1. The third kappa shape index (κ3) is 1.85. The van der Waals surface area contributed by atoms with Crippen molar-refractivity contribution in [2.45, 2.75) is 6.92 Å². The van der Waals surface area contributed by atoms with Crippen molar-refractivity contribution < 1.29 is 9.59 Å². The zero-order valence-electron chi connectivity index (χ0n) is 12.5. The summed E-state index contributed by atoms with van der Waals surface area (Å²) in [6.07, 6.45) is 1.38. The molecule has 2 aromatic heterocycles. The number of benzene rings is 1. The number of nitrogens with zero attached hydrogens (tertiary/aromatic N) is 5. The number of fused-ring (bicyclic) bond motifs is 2. The lowest BCUT2D eigenvalue weighted by molar-refractivity contribution is 0.0690. The first-order valence-corrected chi connectivity index (χ1v) is 7.10. The van der Waals surface area contributed by atoms with Gasteiger partial charge in [0.25, 0.3) is 11.8 Å². The molecule has 4 rings (SSSR count). The number of anilines is 1. The summed E-state index contributed by atoms with van der Waals surface area (Å²) in [6.45, 7) is 1.75. The maximum Gasteiger partial charge on any atom is 0.280 e. The first-order valence-electron chi connectivity index (χ1n) is 7.10. The normalized spacial score (nSPS) is 13.2. The number of hydrogen-bond acceptors (Lipinski definition) is 6. The molecule has 1 N–H and O–H groups in total. The molecule has 0 spiro atoms. The molecule has 0 saturated carbocycles. The topological polar surface area (TPSA) is 103 Å². The zero-order chi connectivity index (χ0) is 16.8. The summed E-state index contributed by atoms with van der Waals surface area (Å²) < 4.78 is 1.38. The van der Waals surface area contributed by atoms with Crippen LogP contribution in [0.15, 0.2) is 36.5 Å². The molecule has 0 atom stereocenters. The fraction of sp³-hybridized carbons (Fsp3) is 0.0625. The van der Waals surface area contributed by atoms with Gasteiger partial charge in [-0.15, -0.1) is 0 Å². The summed E-state index contributed by atoms with van der Waals surface area (Å²) in [7, 11) is 0. The van der Waals surface area contributed by atoms with Crippen molar-refractivity contribution in [1.82, 2.24) is 19.6 Å². The third-order valence-electron chi connectivity index (χ3n) is 3.74. The molecule has 3 heterocycles. The van der Waals surface area contributed by atoms with Gasteiger partial charge in [0.05, 0.1) is 17.3 Å². The van der Waals surface area contributed by atoms with Crippen molar-refractivity contribution in [1.29, 1.82) is 5.26 Å². The quantitative estimate of drug-likeness (QED) is 0.719. The third-order valence-corrected chi connectivity index (χ3v) is 3.74. The minimum absolute atomic E-state index is 0.309. The van der Waals surface area contributed by atoms with E-state index in [2.05, 4.69) is 15.5 Å². The van der Waals surface area contributed by atoms with E-state index in [-0.39, 0.29) is 0 Å². The van der Waals surface area contributed by atoms with E-state index in [1.54, 1.807) is 37.3 Å². The number of carbonyl (C=O) groups excluding carboxylic acids is 2. The highest BCUT2D eigenvalue weighted by Crippen LogP contribution is 2.24. The van der Waals surface area contributed by atoms with E-state index in [1.165, 1.54) is 10.7 Å². The molecule has 0 bridgehead atoms. The van der Waals surface area contributed by atoms with Gasteiger partial charge in [-0.25, -0.2) is 4.98 Å². The molecule has 8 nitrogen and oxygen atoms in total. The number of aromatic nitrogens is 3. The van der Waals surface area contributed by atoms with Gasteiger partial charge >= 0.3 is 0 Å². The van der Waals surface area contributed by atoms with Crippen LogP contribution in [0.5, 0.6) is 0 Å². The van der Waals surface area contributed by atoms with Crippen LogP contribution in [0.1, 0.15) is 32.0 Å². The van der Waals surface area contributed by atoms with Crippen molar-refractivity contribution in [2.24, 2.45) is 0 Å². The highest BCUT2D eigenvalue weighted by atomic mass is 16.2. The second-order valence-electron chi connectivity index (χ2n) is 5.29. The van der Waals surface area contributed by atoms with Crippen LogP contribution >= 0.6 is 0 Å². The highest BCUT2D eigenvalue weighted by molar-refractivity contribution is 6.21. The van der Waals surface area contributed by atoms with E-state index in [0.717, 1.165) is 5.01 Å². The zero-order valence-corrected chi connectivity index (χ0v) is 12.5. The number of imide groups is 1. The number of hydrogen-bond donors (Lipinski definition) is 1. The molecule has 3 aromatic rings. The number of nitrogens with one attached hydrogen (secondary N) is 1. The second-order valence-corrected chi connectivity index (χ2v) is 5.29. The SMILES string of the molecule is Cc1cc(NN2C(=O)c3ccccc3C2=O)n2ncc(C#N)c2n1. The van der Waals surface area contributed by atoms with Crippen LogP contribution in [-0.4, -0.2) is 31.4 Å². The van der Waals surface area contributed by atoms with Crippen LogP contribution in [0.2, 0.25) is 0 Å². The van der Waals surface area contributed by atoms with E-state index in [0.29, 0.717) is 33.8 Å². The molecule has 1 aromatic carbocycles. The van der Waals surface area contributed by atoms with Gasteiger partial charge in [-0.2, -0.15) is 19.9 Å². The summed E-state index contributed by atoms with van der Waals surface area (Å²) in [5.74, 6) is -0.509. The predicted octanol–water partition coefficient (Wildman–Crippen LogP) is 1.53. The molecule has 1 aliphatic rings. The van der Waals surface area contributed by atoms with Crippen LogP contribution in [-0.2, 0) is 0 Å². The smallest absolute Gasteiger partial charge is 0.271 e. The van der Waals surface area contributed by atoms with Gasteiger partial charge in [-0.05, 0) is 19.1 Å². The van der Waals surface area contributed by atoms with Crippen LogP contribution in [0.3, 0.4) is 0 Å². The standard InChI is InChI=1S/C16H10N6O2/c1-9-6-13(21-14(19-9)10(7-17)8-18-21)20-22-15(23)11-4-2-3-5-12(11)16(22)24/h2-6,8,20H,1H3. The molecule has 2 amide bonds. The van der Waals surface area contributed by atoms with Crippen molar-refractivity contribution >= 4 is 23.3 Å². The summed E-state index contributed by atoms with van der Waals surface area (Å²) in [5.41, 5.74) is 4.77. The number of nitriles is 1. The van der Waals surface area contributed by atoms with Crippen molar-refractivity contribution in [3.8, 4) is 6.07 Å². The van der Waals surface area contributed by atoms with E-state index < -0.39 is 11.8 Å². The van der Waals surface area contributed by atoms with E-state index in [9.17, 15) is 9.59 Å². The Morgan fingerprint density at radius 2 is 1.83 bits per heavy atom. The Hall–Kier alpha value is -3.73. The first kappa shape index (κ1) is 13.9. The Labute approximate surface area is 135 Å². The molecular weight excluding hydrogens is 308 g/mol. The highest BCUT2D eigenvalue weighted by Gasteiger charge is 2.36. The number of aryl methyl sites for hydroxylation is 1. The molecule has 0 saturated heterocycles. The van der Waals surface area contributed by atoms with Gasteiger partial charge in [0.1, 0.15) is 11.6 Å². The average Bonchev–Trinajstić information content (AvgIpc) is 3.10.